The molecule has 0 aromatic heterocycles. The highest BCUT2D eigenvalue weighted by atomic mass is 35.5. The molecule has 0 spiro atoms. The van der Waals surface area contributed by atoms with Crippen molar-refractivity contribution < 1.29 is 14.4 Å². The molecule has 1 saturated heterocycles. The Morgan fingerprint density at radius 2 is 1.66 bits per heavy atom. The lowest BCUT2D eigenvalue weighted by molar-refractivity contribution is -0.120. The molecule has 1 fully saturated rings. The van der Waals surface area contributed by atoms with E-state index in [1.807, 2.05) is 30.3 Å². The molecule has 0 unspecified atom stereocenters. The zero-order chi connectivity index (χ0) is 24.8. The maximum absolute atomic E-state index is 13.4. The Morgan fingerprint density at radius 3 is 2.31 bits per heavy atom. The Labute approximate surface area is 209 Å². The third kappa shape index (κ3) is 6.07. The van der Waals surface area contributed by atoms with E-state index in [2.05, 4.69) is 5.32 Å². The van der Waals surface area contributed by atoms with Crippen LogP contribution in [0.15, 0.2) is 78.9 Å². The largest absolute Gasteiger partial charge is 0.333 e. The summed E-state index contributed by atoms with van der Waals surface area (Å²) in [6.07, 6.45) is 2.63. The highest BCUT2D eigenvalue weighted by molar-refractivity contribution is 6.30. The molecule has 0 radical (unpaired) electrons. The molecule has 1 atom stereocenters. The second-order valence-electron chi connectivity index (χ2n) is 8.43. The number of carbonyl (C=O) groups is 3. The van der Waals surface area contributed by atoms with Crippen LogP contribution in [0.2, 0.25) is 5.02 Å². The molecule has 1 aliphatic rings. The summed E-state index contributed by atoms with van der Waals surface area (Å²) in [5.41, 5.74) is 8.74. The van der Waals surface area contributed by atoms with E-state index in [9.17, 15) is 14.4 Å². The Kier molecular flexibility index (Phi) is 7.80. The summed E-state index contributed by atoms with van der Waals surface area (Å²) in [5, 5.41) is 3.27. The monoisotopic (exact) mass is 490 g/mol. The molecule has 4 amide bonds. The minimum atomic E-state index is -0.934. The standard InChI is InChI=1S/C27H27ClN4O3/c28-20-9-11-21(12-10-20)30-27(35)32(26(34)24(29)18-19-6-2-1-3-7-19)23-15-13-22(14-16-23)31-17-5-4-8-25(31)33/h1-3,6-7,9-16,24H,4-5,8,17-18,29H2,(H,30,35)/t24-/m0/s1. The van der Waals surface area contributed by atoms with Crippen LogP contribution in [0.3, 0.4) is 0 Å². The number of piperidine rings is 1. The van der Waals surface area contributed by atoms with E-state index in [0.717, 1.165) is 29.0 Å². The zero-order valence-corrected chi connectivity index (χ0v) is 19.9. The number of imide groups is 1. The van der Waals surface area contributed by atoms with Gasteiger partial charge in [0.15, 0.2) is 0 Å². The zero-order valence-electron chi connectivity index (χ0n) is 19.2. The Morgan fingerprint density at radius 1 is 0.971 bits per heavy atom. The Bertz CT molecular complexity index is 1180. The van der Waals surface area contributed by atoms with Crippen LogP contribution in [0.25, 0.3) is 0 Å². The van der Waals surface area contributed by atoms with Crippen molar-refractivity contribution in [3.63, 3.8) is 0 Å². The van der Waals surface area contributed by atoms with Crippen LogP contribution in [-0.4, -0.2) is 30.4 Å². The van der Waals surface area contributed by atoms with Crippen LogP contribution < -0.4 is 20.9 Å². The second kappa shape index (κ2) is 11.2. The molecule has 8 heteroatoms. The lowest BCUT2D eigenvalue weighted by atomic mass is 10.1. The highest BCUT2D eigenvalue weighted by Crippen LogP contribution is 2.26. The van der Waals surface area contributed by atoms with Gasteiger partial charge in [-0.1, -0.05) is 41.9 Å². The molecular weight excluding hydrogens is 464 g/mol. The summed E-state index contributed by atoms with van der Waals surface area (Å²) >= 11 is 5.94. The molecule has 4 rings (SSSR count). The number of nitrogens with two attached hydrogens (primary N) is 1. The van der Waals surface area contributed by atoms with Crippen LogP contribution in [0.4, 0.5) is 21.9 Å². The van der Waals surface area contributed by atoms with E-state index >= 15 is 0 Å². The predicted octanol–water partition coefficient (Wildman–Crippen LogP) is 4.99. The molecule has 1 aliphatic heterocycles. The molecule has 180 valence electrons. The highest BCUT2D eigenvalue weighted by Gasteiger charge is 2.29. The van der Waals surface area contributed by atoms with E-state index in [4.69, 9.17) is 17.3 Å². The second-order valence-corrected chi connectivity index (χ2v) is 8.86. The van der Waals surface area contributed by atoms with Crippen LogP contribution in [-0.2, 0) is 16.0 Å². The van der Waals surface area contributed by atoms with Crippen LogP contribution in [0.5, 0.6) is 0 Å². The van der Waals surface area contributed by atoms with E-state index in [0.29, 0.717) is 29.4 Å². The van der Waals surface area contributed by atoms with Gasteiger partial charge < -0.3 is 16.0 Å². The predicted molar refractivity (Wildman–Crippen MR) is 139 cm³/mol. The molecule has 3 aromatic rings. The normalized spacial score (nSPS) is 14.3. The molecule has 3 aromatic carbocycles. The Hall–Kier alpha value is -3.68. The summed E-state index contributed by atoms with van der Waals surface area (Å²) in [5.74, 6) is -0.468. The summed E-state index contributed by atoms with van der Waals surface area (Å²) < 4.78 is 0. The summed E-state index contributed by atoms with van der Waals surface area (Å²) in [6.45, 7) is 0.653. The number of urea groups is 1. The van der Waals surface area contributed by atoms with Crippen molar-refractivity contribution in [1.29, 1.82) is 0 Å². The third-order valence-corrected chi connectivity index (χ3v) is 6.13. The number of benzene rings is 3. The van der Waals surface area contributed by atoms with Gasteiger partial charge in [0.1, 0.15) is 0 Å². The quantitative estimate of drug-likeness (QED) is 0.508. The average Bonchev–Trinajstić information content (AvgIpc) is 2.87. The lowest BCUT2D eigenvalue weighted by Crippen LogP contribution is -2.49. The number of carbonyl (C=O) groups excluding carboxylic acids is 3. The molecule has 1 heterocycles. The summed E-state index contributed by atoms with van der Waals surface area (Å²) in [6, 6.07) is 21.2. The number of nitrogens with one attached hydrogen (secondary N) is 1. The summed E-state index contributed by atoms with van der Waals surface area (Å²) in [7, 11) is 0. The van der Waals surface area contributed by atoms with Gasteiger partial charge in [-0.15, -0.1) is 0 Å². The maximum atomic E-state index is 13.4. The van der Waals surface area contributed by atoms with Gasteiger partial charge in [0.2, 0.25) is 5.91 Å². The molecule has 0 bridgehead atoms. The van der Waals surface area contributed by atoms with E-state index in [-0.39, 0.29) is 12.3 Å². The van der Waals surface area contributed by atoms with Crippen molar-refractivity contribution in [3.05, 3.63) is 89.4 Å². The SMILES string of the molecule is N[C@@H](Cc1ccccc1)C(=O)N(C(=O)Nc1ccc(Cl)cc1)c1ccc(N2CCCCC2=O)cc1. The van der Waals surface area contributed by atoms with Gasteiger partial charge >= 0.3 is 6.03 Å². The number of hydrogen-bond donors (Lipinski definition) is 2. The van der Waals surface area contributed by atoms with Gasteiger partial charge in [-0.05, 0) is 73.4 Å². The molecule has 0 saturated carbocycles. The fourth-order valence-corrected chi connectivity index (χ4v) is 4.16. The first kappa shape index (κ1) is 24.4. The molecular formula is C27H27ClN4O3. The molecule has 7 nitrogen and oxygen atoms in total. The van der Waals surface area contributed by atoms with Crippen molar-refractivity contribution in [1.82, 2.24) is 0 Å². The van der Waals surface area contributed by atoms with Crippen molar-refractivity contribution in [3.8, 4) is 0 Å². The van der Waals surface area contributed by atoms with Gasteiger partial charge in [-0.2, -0.15) is 0 Å². The van der Waals surface area contributed by atoms with Crippen molar-refractivity contribution in [2.75, 3.05) is 21.7 Å². The first-order valence-corrected chi connectivity index (χ1v) is 11.9. The van der Waals surface area contributed by atoms with Gasteiger partial charge in [0.05, 0.1) is 11.7 Å². The first-order valence-electron chi connectivity index (χ1n) is 11.5. The van der Waals surface area contributed by atoms with E-state index in [1.54, 1.807) is 53.4 Å². The number of rotatable bonds is 6. The first-order chi connectivity index (χ1) is 16.9. The van der Waals surface area contributed by atoms with Gasteiger partial charge in [0.25, 0.3) is 5.91 Å². The number of hydrogen-bond acceptors (Lipinski definition) is 4. The van der Waals surface area contributed by atoms with Crippen molar-refractivity contribution in [2.45, 2.75) is 31.7 Å². The molecule has 0 aliphatic carbocycles. The van der Waals surface area contributed by atoms with Gasteiger partial charge in [-0.25, -0.2) is 9.69 Å². The number of halogens is 1. The molecule has 3 N–H and O–H groups in total. The third-order valence-electron chi connectivity index (χ3n) is 5.88. The minimum Gasteiger partial charge on any atom is -0.320 e. The van der Waals surface area contributed by atoms with E-state index in [1.165, 1.54) is 0 Å². The minimum absolute atomic E-state index is 0.0716. The van der Waals surface area contributed by atoms with Crippen molar-refractivity contribution >= 4 is 46.5 Å². The lowest BCUT2D eigenvalue weighted by Gasteiger charge is -2.28. The van der Waals surface area contributed by atoms with Crippen LogP contribution in [0.1, 0.15) is 24.8 Å². The smallest absolute Gasteiger partial charge is 0.320 e. The number of amides is 4. The van der Waals surface area contributed by atoms with Gasteiger partial charge in [-0.3, -0.25) is 9.59 Å². The Balaban J connectivity index is 1.59. The summed E-state index contributed by atoms with van der Waals surface area (Å²) in [4.78, 5) is 41.8. The maximum Gasteiger partial charge on any atom is 0.333 e. The fourth-order valence-electron chi connectivity index (χ4n) is 4.04. The van der Waals surface area contributed by atoms with Crippen LogP contribution in [0, 0.1) is 0 Å². The van der Waals surface area contributed by atoms with Crippen LogP contribution >= 0.6 is 11.6 Å². The average molecular weight is 491 g/mol. The number of nitrogens with zero attached hydrogens (tertiary/aromatic N) is 2. The fraction of sp³-hybridized carbons (Fsp3) is 0.222. The molecule has 35 heavy (non-hydrogen) atoms. The number of anilines is 3. The van der Waals surface area contributed by atoms with Gasteiger partial charge in [0, 0.05) is 29.4 Å². The topological polar surface area (TPSA) is 95.7 Å². The van der Waals surface area contributed by atoms with Crippen molar-refractivity contribution in [2.24, 2.45) is 5.73 Å². The van der Waals surface area contributed by atoms with E-state index < -0.39 is 18.0 Å².